The van der Waals surface area contributed by atoms with Gasteiger partial charge >= 0.3 is 5.69 Å². The molecule has 2 aromatic carbocycles. The largest absolute Gasteiger partial charge is 0.442 e. The van der Waals surface area contributed by atoms with E-state index in [1.165, 1.54) is 29.5 Å². The first-order chi connectivity index (χ1) is 15.7. The number of hydrogen-bond donors (Lipinski definition) is 1. The van der Waals surface area contributed by atoms with Crippen molar-refractivity contribution in [1.82, 2.24) is 19.3 Å². The van der Waals surface area contributed by atoms with Crippen LogP contribution in [0.2, 0.25) is 0 Å². The summed E-state index contributed by atoms with van der Waals surface area (Å²) in [6.07, 6.45) is 2.85. The van der Waals surface area contributed by atoms with E-state index >= 15 is 0 Å². The molecule has 0 unspecified atom stereocenters. The van der Waals surface area contributed by atoms with Crippen molar-refractivity contribution in [2.24, 2.45) is 5.73 Å². The van der Waals surface area contributed by atoms with E-state index in [4.69, 9.17) is 10.5 Å². The molecular formula is C22H18F3N5O2S. The van der Waals surface area contributed by atoms with Crippen molar-refractivity contribution < 1.29 is 17.9 Å². The van der Waals surface area contributed by atoms with Crippen molar-refractivity contribution in [2.75, 3.05) is 0 Å². The molecule has 1 fully saturated rings. The molecule has 0 aliphatic heterocycles. The summed E-state index contributed by atoms with van der Waals surface area (Å²) in [4.78, 5) is 17.1. The predicted octanol–water partition coefficient (Wildman–Crippen LogP) is 4.00. The number of aryl methyl sites for hydroxylation is 1. The maximum atomic E-state index is 14.8. The Labute approximate surface area is 189 Å². The Morgan fingerprint density at radius 3 is 2.55 bits per heavy atom. The molecule has 7 nitrogen and oxygen atoms in total. The van der Waals surface area contributed by atoms with Gasteiger partial charge in [0.25, 0.3) is 0 Å². The number of hydrogen-bond acceptors (Lipinski definition) is 6. The summed E-state index contributed by atoms with van der Waals surface area (Å²) in [6.45, 7) is 1.41. The van der Waals surface area contributed by atoms with Crippen LogP contribution in [0.1, 0.15) is 29.1 Å². The quantitative estimate of drug-likeness (QED) is 0.457. The summed E-state index contributed by atoms with van der Waals surface area (Å²) in [7, 11) is 0. The van der Waals surface area contributed by atoms with Gasteiger partial charge in [-0.3, -0.25) is 4.57 Å². The summed E-state index contributed by atoms with van der Waals surface area (Å²) in [6, 6.07) is 7.38. The lowest BCUT2D eigenvalue weighted by atomic mass is 10.2. The standard InChI is InChI=1S/C22H18F3N5O2S/c1-12-19(33-20(28-12)22(26)7-8-22)32-18-6-5-13(9-17(18)25)30-21(31)29(11-27-30)10-14-15(23)3-2-4-16(14)24/h2-6,9,11H,7-8,10,26H2,1H3. The van der Waals surface area contributed by atoms with Crippen molar-refractivity contribution in [3.05, 3.63) is 86.9 Å². The minimum atomic E-state index is -0.772. The van der Waals surface area contributed by atoms with Gasteiger partial charge < -0.3 is 10.5 Å². The lowest BCUT2D eigenvalue weighted by Gasteiger charge is -2.07. The van der Waals surface area contributed by atoms with Crippen molar-refractivity contribution in [3.63, 3.8) is 0 Å². The van der Waals surface area contributed by atoms with Crippen LogP contribution in [-0.4, -0.2) is 19.3 Å². The first kappa shape index (κ1) is 21.4. The lowest BCUT2D eigenvalue weighted by Crippen LogP contribution is -2.24. The van der Waals surface area contributed by atoms with E-state index in [0.717, 1.165) is 51.6 Å². The van der Waals surface area contributed by atoms with Crippen LogP contribution in [0.3, 0.4) is 0 Å². The molecule has 0 atom stereocenters. The van der Waals surface area contributed by atoms with Gasteiger partial charge in [0.1, 0.15) is 23.0 Å². The van der Waals surface area contributed by atoms with E-state index in [0.29, 0.717) is 10.8 Å². The average Bonchev–Trinajstić information content (AvgIpc) is 3.26. The maximum Gasteiger partial charge on any atom is 0.350 e. The second kappa shape index (κ2) is 7.85. The molecule has 0 saturated heterocycles. The number of nitrogens with zero attached hydrogens (tertiary/aromatic N) is 4. The molecule has 4 aromatic rings. The second-order valence-corrected chi connectivity index (χ2v) is 8.88. The van der Waals surface area contributed by atoms with Gasteiger partial charge in [-0.05, 0) is 44.0 Å². The molecule has 1 aliphatic carbocycles. The van der Waals surface area contributed by atoms with Gasteiger partial charge in [-0.1, -0.05) is 17.4 Å². The third-order valence-corrected chi connectivity index (χ3v) is 6.71. The van der Waals surface area contributed by atoms with Gasteiger partial charge in [-0.15, -0.1) is 0 Å². The van der Waals surface area contributed by atoms with E-state index in [9.17, 15) is 18.0 Å². The highest BCUT2D eigenvalue weighted by atomic mass is 32.1. The van der Waals surface area contributed by atoms with Gasteiger partial charge in [0.2, 0.25) is 5.06 Å². The Bertz CT molecular complexity index is 1400. The van der Waals surface area contributed by atoms with Crippen molar-refractivity contribution in [2.45, 2.75) is 31.8 Å². The van der Waals surface area contributed by atoms with Gasteiger partial charge in [-0.25, -0.2) is 22.9 Å². The fourth-order valence-electron chi connectivity index (χ4n) is 3.32. The van der Waals surface area contributed by atoms with E-state index in [2.05, 4.69) is 10.1 Å². The molecule has 0 bridgehead atoms. The number of halogens is 3. The van der Waals surface area contributed by atoms with Crippen LogP contribution in [0.15, 0.2) is 47.5 Å². The first-order valence-electron chi connectivity index (χ1n) is 10.1. The normalized spacial score (nSPS) is 14.5. The summed E-state index contributed by atoms with van der Waals surface area (Å²) < 4.78 is 50.3. The maximum absolute atomic E-state index is 14.8. The highest BCUT2D eigenvalue weighted by Crippen LogP contribution is 2.47. The zero-order valence-electron chi connectivity index (χ0n) is 17.4. The summed E-state index contributed by atoms with van der Waals surface area (Å²) >= 11 is 1.28. The van der Waals surface area contributed by atoms with E-state index in [1.807, 2.05) is 0 Å². The molecule has 170 valence electrons. The fourth-order valence-corrected chi connectivity index (χ4v) is 4.41. The minimum Gasteiger partial charge on any atom is -0.442 e. The number of nitrogens with two attached hydrogens (primary N) is 1. The smallest absolute Gasteiger partial charge is 0.350 e. The molecule has 0 radical (unpaired) electrons. The molecule has 33 heavy (non-hydrogen) atoms. The average molecular weight is 473 g/mol. The van der Waals surface area contributed by atoms with E-state index < -0.39 is 28.7 Å². The molecular weight excluding hydrogens is 455 g/mol. The third kappa shape index (κ3) is 3.93. The molecule has 2 N–H and O–H groups in total. The van der Waals surface area contributed by atoms with Crippen LogP contribution < -0.4 is 16.2 Å². The highest BCUT2D eigenvalue weighted by molar-refractivity contribution is 7.13. The molecule has 5 rings (SSSR count). The lowest BCUT2D eigenvalue weighted by molar-refractivity contribution is 0.448. The number of benzene rings is 2. The highest BCUT2D eigenvalue weighted by Gasteiger charge is 2.43. The van der Waals surface area contributed by atoms with Gasteiger partial charge in [0.15, 0.2) is 11.6 Å². The molecule has 1 saturated carbocycles. The second-order valence-electron chi connectivity index (χ2n) is 7.92. The zero-order valence-corrected chi connectivity index (χ0v) is 18.2. The number of aromatic nitrogens is 4. The summed E-state index contributed by atoms with van der Waals surface area (Å²) in [5.41, 5.74) is 5.58. The number of rotatable bonds is 6. The van der Waals surface area contributed by atoms with Crippen LogP contribution in [0.25, 0.3) is 5.69 Å². The van der Waals surface area contributed by atoms with Crippen molar-refractivity contribution in [3.8, 4) is 16.5 Å². The van der Waals surface area contributed by atoms with Crippen LogP contribution in [0, 0.1) is 24.4 Å². The Hall–Kier alpha value is -3.44. The van der Waals surface area contributed by atoms with Gasteiger partial charge in [-0.2, -0.15) is 9.78 Å². The van der Waals surface area contributed by atoms with Crippen LogP contribution in [0.4, 0.5) is 13.2 Å². The van der Waals surface area contributed by atoms with Gasteiger partial charge in [0.05, 0.1) is 23.5 Å². The van der Waals surface area contributed by atoms with Crippen LogP contribution in [0.5, 0.6) is 10.8 Å². The molecule has 2 aromatic heterocycles. The molecule has 0 amide bonds. The topological polar surface area (TPSA) is 88.0 Å². The Balaban J connectivity index is 1.39. The molecule has 2 heterocycles. The Morgan fingerprint density at radius 1 is 1.15 bits per heavy atom. The Morgan fingerprint density at radius 2 is 1.88 bits per heavy atom. The molecule has 0 spiro atoms. The van der Waals surface area contributed by atoms with Crippen molar-refractivity contribution >= 4 is 11.3 Å². The fraction of sp³-hybridized carbons (Fsp3) is 0.227. The van der Waals surface area contributed by atoms with Crippen LogP contribution >= 0.6 is 11.3 Å². The third-order valence-electron chi connectivity index (χ3n) is 5.45. The monoisotopic (exact) mass is 473 g/mol. The SMILES string of the molecule is Cc1nc(C2(N)CC2)sc1Oc1ccc(-n2ncn(Cc3c(F)cccc3F)c2=O)cc1F. The zero-order chi connectivity index (χ0) is 23.3. The predicted molar refractivity (Wildman–Crippen MR) is 115 cm³/mol. The van der Waals surface area contributed by atoms with E-state index in [-0.39, 0.29) is 23.5 Å². The van der Waals surface area contributed by atoms with Crippen molar-refractivity contribution in [1.29, 1.82) is 0 Å². The minimum absolute atomic E-state index is 0.0418. The summed E-state index contributed by atoms with van der Waals surface area (Å²) in [5.74, 6) is -2.30. The number of ether oxygens (including phenoxy) is 1. The van der Waals surface area contributed by atoms with Crippen LogP contribution in [-0.2, 0) is 12.1 Å². The van der Waals surface area contributed by atoms with Gasteiger partial charge in [0, 0.05) is 11.6 Å². The first-order valence-corrected chi connectivity index (χ1v) is 10.9. The van der Waals surface area contributed by atoms with E-state index in [1.54, 1.807) is 6.92 Å². The summed E-state index contributed by atoms with van der Waals surface area (Å²) in [5, 5.41) is 5.15. The number of thiazole rings is 1. The Kier molecular flexibility index (Phi) is 5.09. The molecule has 1 aliphatic rings. The molecule has 11 heteroatoms.